The number of aliphatic carboxylic acids is 1. The zero-order valence-electron chi connectivity index (χ0n) is 12.0. The molecule has 0 aliphatic heterocycles. The number of hydrogen-bond acceptors (Lipinski definition) is 5. The molecule has 0 saturated carbocycles. The van der Waals surface area contributed by atoms with E-state index < -0.39 is 12.0 Å². The second-order valence-corrected chi connectivity index (χ2v) is 7.02. The van der Waals surface area contributed by atoms with Crippen molar-refractivity contribution in [3.05, 3.63) is 22.4 Å². The van der Waals surface area contributed by atoms with Crippen molar-refractivity contribution in [2.45, 2.75) is 32.7 Å². The van der Waals surface area contributed by atoms with Crippen molar-refractivity contribution in [1.29, 1.82) is 0 Å². The molecule has 1 rings (SSSR count). The maximum atomic E-state index is 12.0. The Balaban J connectivity index is 2.57. The first-order valence-corrected chi connectivity index (χ1v) is 8.45. The Hall–Kier alpha value is -1.34. The molecule has 0 spiro atoms. The molecular formula is C14H19NO4S2. The maximum absolute atomic E-state index is 12.0. The van der Waals surface area contributed by atoms with Gasteiger partial charge in [-0.2, -0.15) is 0 Å². The van der Waals surface area contributed by atoms with Crippen LogP contribution >= 0.6 is 23.1 Å². The molecule has 1 aromatic rings. The number of carboxylic acid groups (broad SMARTS) is 1. The molecule has 0 radical (unpaired) electrons. The van der Waals surface area contributed by atoms with Gasteiger partial charge in [0.15, 0.2) is 0 Å². The van der Waals surface area contributed by atoms with E-state index in [9.17, 15) is 14.4 Å². The Kier molecular flexibility index (Phi) is 7.45. The summed E-state index contributed by atoms with van der Waals surface area (Å²) in [7, 11) is 0. The Bertz CT molecular complexity index is 485. The number of carbonyl (C=O) groups is 3. The predicted molar refractivity (Wildman–Crippen MR) is 84.5 cm³/mol. The van der Waals surface area contributed by atoms with Gasteiger partial charge in [0.2, 0.25) is 11.0 Å². The summed E-state index contributed by atoms with van der Waals surface area (Å²) in [6.45, 7) is 3.90. The van der Waals surface area contributed by atoms with Crippen molar-refractivity contribution in [2.24, 2.45) is 5.92 Å². The number of thioether (sulfide) groups is 1. The van der Waals surface area contributed by atoms with E-state index >= 15 is 0 Å². The largest absolute Gasteiger partial charge is 0.481 e. The van der Waals surface area contributed by atoms with Crippen LogP contribution in [0.4, 0.5) is 0 Å². The normalized spacial score (nSPS) is 12.1. The quantitative estimate of drug-likeness (QED) is 0.763. The second-order valence-electron chi connectivity index (χ2n) is 5.01. The number of hydrogen-bond donors (Lipinski definition) is 2. The molecule has 0 saturated heterocycles. The van der Waals surface area contributed by atoms with Crippen molar-refractivity contribution >= 4 is 40.1 Å². The van der Waals surface area contributed by atoms with Gasteiger partial charge < -0.3 is 10.4 Å². The van der Waals surface area contributed by atoms with Crippen molar-refractivity contribution in [3.63, 3.8) is 0 Å². The average molecular weight is 329 g/mol. The number of rotatable bonds is 8. The van der Waals surface area contributed by atoms with Crippen LogP contribution < -0.4 is 5.32 Å². The molecule has 2 N–H and O–H groups in total. The third-order valence-electron chi connectivity index (χ3n) is 2.58. The average Bonchev–Trinajstić information content (AvgIpc) is 2.87. The topological polar surface area (TPSA) is 83.5 Å². The van der Waals surface area contributed by atoms with Crippen LogP contribution in [-0.4, -0.2) is 33.9 Å². The molecule has 0 aliphatic rings. The molecule has 1 atom stereocenters. The van der Waals surface area contributed by atoms with Crippen molar-refractivity contribution < 1.29 is 19.5 Å². The van der Waals surface area contributed by atoms with Crippen LogP contribution in [0, 0.1) is 5.92 Å². The summed E-state index contributed by atoms with van der Waals surface area (Å²) in [6, 6.07) is 3.09. The second kappa shape index (κ2) is 8.84. The van der Waals surface area contributed by atoms with Crippen molar-refractivity contribution in [1.82, 2.24) is 5.32 Å². The van der Waals surface area contributed by atoms with E-state index in [1.54, 1.807) is 0 Å². The van der Waals surface area contributed by atoms with E-state index in [0.29, 0.717) is 6.42 Å². The molecule has 5 nitrogen and oxygen atoms in total. The highest BCUT2D eigenvalue weighted by atomic mass is 32.2. The highest BCUT2D eigenvalue weighted by molar-refractivity contribution is 8.14. The Morgan fingerprint density at radius 1 is 1.38 bits per heavy atom. The number of thiophene rings is 1. The van der Waals surface area contributed by atoms with Gasteiger partial charge in [0.05, 0.1) is 18.2 Å². The number of amides is 1. The fourth-order valence-corrected chi connectivity index (χ4v) is 3.06. The van der Waals surface area contributed by atoms with Gasteiger partial charge in [-0.25, -0.2) is 0 Å². The summed E-state index contributed by atoms with van der Waals surface area (Å²) in [5.41, 5.74) is 0. The fourth-order valence-electron chi connectivity index (χ4n) is 1.74. The number of carbonyl (C=O) groups excluding carboxylic acids is 2. The highest BCUT2D eigenvalue weighted by Gasteiger charge is 2.23. The lowest BCUT2D eigenvalue weighted by Crippen LogP contribution is -2.41. The van der Waals surface area contributed by atoms with Gasteiger partial charge in [0.1, 0.15) is 0 Å². The molecule has 1 heterocycles. The van der Waals surface area contributed by atoms with Gasteiger partial charge in [0, 0.05) is 4.88 Å². The Morgan fingerprint density at radius 2 is 2.10 bits per heavy atom. The van der Waals surface area contributed by atoms with E-state index in [0.717, 1.165) is 16.6 Å². The lowest BCUT2D eigenvalue weighted by molar-refractivity contribution is -0.134. The first kappa shape index (κ1) is 17.7. The first-order chi connectivity index (χ1) is 9.88. The minimum atomic E-state index is -1.04. The van der Waals surface area contributed by atoms with Gasteiger partial charge in [-0.3, -0.25) is 14.4 Å². The van der Waals surface area contributed by atoms with Crippen molar-refractivity contribution in [2.75, 3.05) is 5.75 Å². The molecule has 21 heavy (non-hydrogen) atoms. The van der Waals surface area contributed by atoms with Gasteiger partial charge in [0.25, 0.3) is 0 Å². The zero-order valence-corrected chi connectivity index (χ0v) is 13.6. The van der Waals surface area contributed by atoms with Crippen LogP contribution in [0.15, 0.2) is 17.5 Å². The summed E-state index contributed by atoms with van der Waals surface area (Å²) in [6.07, 6.45) is 0.741. The highest BCUT2D eigenvalue weighted by Crippen LogP contribution is 2.14. The minimum absolute atomic E-state index is 0.215. The van der Waals surface area contributed by atoms with Crippen LogP contribution in [-0.2, 0) is 20.8 Å². The Labute approximate surface area is 132 Å². The lowest BCUT2D eigenvalue weighted by atomic mass is 10.0. The maximum Gasteiger partial charge on any atom is 0.313 e. The molecule has 0 aliphatic carbocycles. The third kappa shape index (κ3) is 7.29. The fraction of sp³-hybridized carbons (Fsp3) is 0.500. The van der Waals surface area contributed by atoms with Crippen LogP contribution in [0.25, 0.3) is 0 Å². The third-order valence-corrected chi connectivity index (χ3v) is 4.42. The molecule has 0 unspecified atom stereocenters. The van der Waals surface area contributed by atoms with Crippen LogP contribution in [0.3, 0.4) is 0 Å². The summed E-state index contributed by atoms with van der Waals surface area (Å²) >= 11 is 2.22. The van der Waals surface area contributed by atoms with Gasteiger partial charge >= 0.3 is 5.97 Å². The molecule has 0 bridgehead atoms. The monoisotopic (exact) mass is 329 g/mol. The van der Waals surface area contributed by atoms with Crippen LogP contribution in [0.5, 0.6) is 0 Å². The van der Waals surface area contributed by atoms with Crippen LogP contribution in [0.2, 0.25) is 0 Å². The van der Waals surface area contributed by atoms with Crippen molar-refractivity contribution in [3.8, 4) is 0 Å². The van der Waals surface area contributed by atoms with Gasteiger partial charge in [-0.1, -0.05) is 31.7 Å². The lowest BCUT2D eigenvalue weighted by Gasteiger charge is -2.18. The predicted octanol–water partition coefficient (Wildman–Crippen LogP) is 2.17. The van der Waals surface area contributed by atoms with E-state index in [2.05, 4.69) is 5.32 Å². The summed E-state index contributed by atoms with van der Waals surface area (Å²) < 4.78 is 0. The van der Waals surface area contributed by atoms with E-state index in [1.165, 1.54) is 11.3 Å². The first-order valence-electron chi connectivity index (χ1n) is 6.58. The van der Waals surface area contributed by atoms with E-state index in [4.69, 9.17) is 5.11 Å². The molecule has 0 fully saturated rings. The molecule has 7 heteroatoms. The molecule has 116 valence electrons. The minimum Gasteiger partial charge on any atom is -0.481 e. The molecule has 1 aromatic heterocycles. The van der Waals surface area contributed by atoms with Crippen LogP contribution in [0.1, 0.15) is 25.1 Å². The SMILES string of the molecule is CC(C)C[C@H](NC(=O)Cc1cccs1)C(=O)SCC(=O)O. The van der Waals surface area contributed by atoms with Gasteiger partial charge in [-0.15, -0.1) is 11.3 Å². The smallest absolute Gasteiger partial charge is 0.313 e. The number of nitrogens with one attached hydrogen (secondary N) is 1. The summed E-state index contributed by atoms with van der Waals surface area (Å²) in [4.78, 5) is 35.4. The summed E-state index contributed by atoms with van der Waals surface area (Å²) in [5.74, 6) is -1.31. The molecule has 1 amide bonds. The van der Waals surface area contributed by atoms with E-state index in [-0.39, 0.29) is 29.1 Å². The zero-order chi connectivity index (χ0) is 15.8. The van der Waals surface area contributed by atoms with Gasteiger partial charge in [-0.05, 0) is 23.8 Å². The van der Waals surface area contributed by atoms with E-state index in [1.807, 2.05) is 31.4 Å². The number of carboxylic acids is 1. The Morgan fingerprint density at radius 3 is 2.62 bits per heavy atom. The summed E-state index contributed by atoms with van der Waals surface area (Å²) in [5, 5.41) is 12.9. The molecule has 0 aromatic carbocycles. The standard InChI is InChI=1S/C14H19NO4S2/c1-9(2)6-11(14(19)21-8-13(17)18)15-12(16)7-10-4-3-5-20-10/h3-5,9,11H,6-8H2,1-2H3,(H,15,16)(H,17,18)/t11-/m0/s1. The molecular weight excluding hydrogens is 310 g/mol.